The predicted molar refractivity (Wildman–Crippen MR) is 147 cm³/mol. The number of halogens is 4. The van der Waals surface area contributed by atoms with Gasteiger partial charge in [-0.3, -0.25) is 14.6 Å². The Bertz CT molecular complexity index is 1560. The second-order valence-electron chi connectivity index (χ2n) is 10.7. The van der Waals surface area contributed by atoms with Gasteiger partial charge in [0.25, 0.3) is 5.91 Å². The third-order valence-electron chi connectivity index (χ3n) is 8.39. The van der Waals surface area contributed by atoms with Crippen LogP contribution >= 0.6 is 11.6 Å². The van der Waals surface area contributed by atoms with Crippen LogP contribution in [0.4, 0.5) is 18.9 Å². The van der Waals surface area contributed by atoms with Crippen LogP contribution in [0.15, 0.2) is 43.1 Å². The van der Waals surface area contributed by atoms with Crippen molar-refractivity contribution in [1.29, 1.82) is 0 Å². The Morgan fingerprint density at radius 3 is 2.56 bits per heavy atom. The molecule has 2 aromatic heterocycles. The van der Waals surface area contributed by atoms with E-state index in [1.54, 1.807) is 9.80 Å². The minimum Gasteiger partial charge on any atom is -0.398 e. The molecule has 214 valence electrons. The van der Waals surface area contributed by atoms with Crippen molar-refractivity contribution in [3.63, 3.8) is 0 Å². The van der Waals surface area contributed by atoms with Gasteiger partial charge < -0.3 is 15.5 Å². The molecule has 0 spiro atoms. The molecule has 1 aromatic carbocycles. The first kappa shape index (κ1) is 27.3. The lowest BCUT2D eigenvalue weighted by atomic mass is 9.80. The van der Waals surface area contributed by atoms with Crippen molar-refractivity contribution >= 4 is 29.1 Å². The molecule has 2 amide bonds. The van der Waals surface area contributed by atoms with E-state index >= 15 is 0 Å². The Balaban J connectivity index is 1.40. The van der Waals surface area contributed by atoms with E-state index in [0.717, 1.165) is 41.7 Å². The molecule has 8 nitrogen and oxygen atoms in total. The molecule has 4 heterocycles. The van der Waals surface area contributed by atoms with Crippen LogP contribution in [0.3, 0.4) is 0 Å². The molecule has 1 aliphatic carbocycles. The van der Waals surface area contributed by atoms with E-state index in [4.69, 9.17) is 22.4 Å². The zero-order valence-corrected chi connectivity index (χ0v) is 22.9. The smallest absolute Gasteiger partial charge is 0.398 e. The normalized spacial score (nSPS) is 18.9. The maximum absolute atomic E-state index is 13.8. The number of anilines is 1. The van der Waals surface area contributed by atoms with Gasteiger partial charge in [-0.2, -0.15) is 18.3 Å². The summed E-state index contributed by atoms with van der Waals surface area (Å²) in [6, 6.07) is 6.14. The zero-order valence-electron chi connectivity index (χ0n) is 22.1. The lowest BCUT2D eigenvalue weighted by Crippen LogP contribution is -2.46. The first-order valence-electron chi connectivity index (χ1n) is 13.5. The summed E-state index contributed by atoms with van der Waals surface area (Å²) in [6.07, 6.45) is 1.81. The molecule has 0 radical (unpaired) electrons. The number of amides is 2. The van der Waals surface area contributed by atoms with Gasteiger partial charge in [0.1, 0.15) is 5.69 Å². The number of carbonyl (C=O) groups is 2. The van der Waals surface area contributed by atoms with Crippen LogP contribution < -0.4 is 5.73 Å². The number of hydrogen-bond acceptors (Lipinski definition) is 5. The fraction of sp³-hybridized carbons (Fsp3) is 0.379. The Labute approximate surface area is 239 Å². The summed E-state index contributed by atoms with van der Waals surface area (Å²) in [5, 5.41) is 5.51. The summed E-state index contributed by atoms with van der Waals surface area (Å²) < 4.78 is 41.3. The zero-order chi connectivity index (χ0) is 29.1. The number of alkyl halides is 3. The molecule has 12 heteroatoms. The summed E-state index contributed by atoms with van der Waals surface area (Å²) in [5.41, 5.74) is 8.71. The van der Waals surface area contributed by atoms with Crippen molar-refractivity contribution in [2.75, 3.05) is 25.4 Å². The quantitative estimate of drug-likeness (QED) is 0.430. The molecule has 3 aromatic rings. The van der Waals surface area contributed by atoms with Crippen molar-refractivity contribution in [3.05, 3.63) is 81.9 Å². The molecule has 2 N–H and O–H groups in total. The predicted octanol–water partition coefficient (Wildman–Crippen LogP) is 5.10. The van der Waals surface area contributed by atoms with Crippen LogP contribution in [0.2, 0.25) is 5.02 Å². The Kier molecular flexibility index (Phi) is 6.80. The lowest BCUT2D eigenvalue weighted by molar-refractivity contribution is -0.141. The summed E-state index contributed by atoms with van der Waals surface area (Å²) in [4.78, 5) is 33.0. The minimum atomic E-state index is -4.69. The van der Waals surface area contributed by atoms with E-state index in [1.807, 2.05) is 16.8 Å². The van der Waals surface area contributed by atoms with Crippen molar-refractivity contribution in [2.24, 2.45) is 0 Å². The summed E-state index contributed by atoms with van der Waals surface area (Å²) in [6.45, 7) is 4.37. The lowest BCUT2D eigenvalue weighted by Gasteiger charge is -2.38. The molecule has 1 unspecified atom stereocenters. The molecule has 2 aliphatic heterocycles. The number of carbonyl (C=O) groups excluding carboxylic acids is 2. The van der Waals surface area contributed by atoms with Crippen LogP contribution in [-0.4, -0.2) is 56.0 Å². The monoisotopic (exact) mass is 584 g/mol. The van der Waals surface area contributed by atoms with Gasteiger partial charge in [0.05, 0.1) is 33.7 Å². The number of nitrogens with two attached hydrogens (primary N) is 1. The molecule has 0 saturated heterocycles. The molecule has 6 rings (SSSR count). The van der Waals surface area contributed by atoms with Gasteiger partial charge in [-0.1, -0.05) is 30.7 Å². The second-order valence-corrected chi connectivity index (χ2v) is 11.1. The maximum atomic E-state index is 13.8. The average molecular weight is 585 g/mol. The molecule has 41 heavy (non-hydrogen) atoms. The fourth-order valence-corrected chi connectivity index (χ4v) is 6.28. The third-order valence-corrected chi connectivity index (χ3v) is 8.69. The molecule has 1 saturated carbocycles. The Morgan fingerprint density at radius 2 is 1.93 bits per heavy atom. The highest BCUT2D eigenvalue weighted by molar-refractivity contribution is 6.32. The number of nitrogen functional groups attached to an aromatic ring is 1. The highest BCUT2D eigenvalue weighted by atomic mass is 35.5. The van der Waals surface area contributed by atoms with Crippen molar-refractivity contribution in [2.45, 2.75) is 50.2 Å². The van der Waals surface area contributed by atoms with Gasteiger partial charge in [-0.25, -0.2) is 4.68 Å². The van der Waals surface area contributed by atoms with Crippen molar-refractivity contribution < 1.29 is 22.8 Å². The number of aromatic nitrogens is 3. The van der Waals surface area contributed by atoms with Gasteiger partial charge in [0.2, 0.25) is 5.91 Å². The number of benzene rings is 1. The summed E-state index contributed by atoms with van der Waals surface area (Å²) in [5.74, 6) is -0.319. The summed E-state index contributed by atoms with van der Waals surface area (Å²) >= 11 is 6.78. The van der Waals surface area contributed by atoms with E-state index in [-0.39, 0.29) is 30.2 Å². The van der Waals surface area contributed by atoms with Crippen LogP contribution in [0.5, 0.6) is 0 Å². The van der Waals surface area contributed by atoms with Gasteiger partial charge in [-0.05, 0) is 48.6 Å². The first-order valence-corrected chi connectivity index (χ1v) is 13.9. The number of pyridine rings is 1. The molecule has 1 fully saturated rings. The highest BCUT2D eigenvalue weighted by Gasteiger charge is 2.41. The van der Waals surface area contributed by atoms with Crippen molar-refractivity contribution in [3.8, 4) is 5.69 Å². The number of rotatable bonds is 4. The second kappa shape index (κ2) is 10.2. The van der Waals surface area contributed by atoms with Gasteiger partial charge in [-0.15, -0.1) is 0 Å². The van der Waals surface area contributed by atoms with E-state index in [0.29, 0.717) is 36.4 Å². The average Bonchev–Trinajstić information content (AvgIpc) is 3.15. The van der Waals surface area contributed by atoms with E-state index in [2.05, 4.69) is 17.6 Å². The molecular formula is C29H28ClF3N6O2. The SMILES string of the molecule is C=CC(=O)N1CCc2nn(-c3ccc(C4CCC4)cc3Cl)c3c2C(C1)N(C(=O)c1cnc(C(F)(F)F)cc1N)CC3. The number of nitrogens with zero attached hydrogens (tertiary/aromatic N) is 5. The minimum absolute atomic E-state index is 0.129. The van der Waals surface area contributed by atoms with E-state index in [1.165, 1.54) is 18.1 Å². The fourth-order valence-electron chi connectivity index (χ4n) is 6.02. The summed E-state index contributed by atoms with van der Waals surface area (Å²) in [7, 11) is 0. The van der Waals surface area contributed by atoms with Crippen LogP contribution in [-0.2, 0) is 23.8 Å². The third kappa shape index (κ3) is 4.75. The van der Waals surface area contributed by atoms with E-state index in [9.17, 15) is 22.8 Å². The highest BCUT2D eigenvalue weighted by Crippen LogP contribution is 2.41. The Hall–Kier alpha value is -3.86. The topological polar surface area (TPSA) is 97.4 Å². The van der Waals surface area contributed by atoms with Gasteiger partial charge in [0.15, 0.2) is 0 Å². The largest absolute Gasteiger partial charge is 0.433 e. The van der Waals surface area contributed by atoms with Crippen molar-refractivity contribution in [1.82, 2.24) is 24.6 Å². The van der Waals surface area contributed by atoms with Gasteiger partial charge in [0, 0.05) is 49.9 Å². The Morgan fingerprint density at radius 1 is 1.15 bits per heavy atom. The molecular weight excluding hydrogens is 557 g/mol. The van der Waals surface area contributed by atoms with Crippen LogP contribution in [0.25, 0.3) is 5.69 Å². The van der Waals surface area contributed by atoms with Crippen LogP contribution in [0, 0.1) is 0 Å². The van der Waals surface area contributed by atoms with Gasteiger partial charge >= 0.3 is 6.18 Å². The van der Waals surface area contributed by atoms with E-state index < -0.39 is 23.8 Å². The molecule has 3 aliphatic rings. The molecule has 0 bridgehead atoms. The standard InChI is InChI=1S/C29H28ClF3N6O2/c1-2-26(40)37-10-8-21-27-23(39(36-21)22-7-6-17(12-19(22)30)16-4-3-5-16)9-11-38(24(27)15-37)28(41)18-14-35-25(13-20(18)34)29(31,32)33/h2,6-7,12-14,16,24H,1,3-5,8-11,15H2,(H2,34,35). The molecule has 1 atom stereocenters. The number of hydrogen-bond donors (Lipinski definition) is 1. The van der Waals surface area contributed by atoms with Crippen LogP contribution in [0.1, 0.15) is 69.8 Å². The maximum Gasteiger partial charge on any atom is 0.433 e. The first-order chi connectivity index (χ1) is 19.6.